The molecule has 0 spiro atoms. The van der Waals surface area contributed by atoms with Crippen molar-refractivity contribution in [3.63, 3.8) is 0 Å². The minimum atomic E-state index is -0.328. The Hall–Kier alpha value is -4.37. The Morgan fingerprint density at radius 1 is 1.15 bits per heavy atom. The third kappa shape index (κ3) is 4.78. The molecule has 0 amide bonds. The number of halogens is 1. The van der Waals surface area contributed by atoms with Crippen molar-refractivity contribution < 1.29 is 13.9 Å². The van der Waals surface area contributed by atoms with E-state index in [1.54, 1.807) is 43.5 Å². The lowest BCUT2D eigenvalue weighted by Crippen LogP contribution is -2.03. The van der Waals surface area contributed by atoms with Crippen molar-refractivity contribution in [1.29, 1.82) is 5.26 Å². The molecule has 0 unspecified atom stereocenters. The SMILES string of the molecule is C=CCc1cc(/C=C(\C#N)c2nc3ccccc3[nH]2)cc(OC)c1OCc1ccccc1F. The van der Waals surface area contributed by atoms with Crippen LogP contribution in [0.2, 0.25) is 0 Å². The number of para-hydroxylation sites is 2. The largest absolute Gasteiger partial charge is 0.493 e. The van der Waals surface area contributed by atoms with E-state index in [-0.39, 0.29) is 12.4 Å². The van der Waals surface area contributed by atoms with Crippen molar-refractivity contribution in [2.75, 3.05) is 7.11 Å². The van der Waals surface area contributed by atoms with E-state index in [9.17, 15) is 9.65 Å². The van der Waals surface area contributed by atoms with E-state index in [2.05, 4.69) is 22.6 Å². The third-order valence-electron chi connectivity index (χ3n) is 5.14. The van der Waals surface area contributed by atoms with Gasteiger partial charge in [0.1, 0.15) is 24.3 Å². The lowest BCUT2D eigenvalue weighted by Gasteiger charge is -2.16. The van der Waals surface area contributed by atoms with E-state index in [4.69, 9.17) is 9.47 Å². The summed E-state index contributed by atoms with van der Waals surface area (Å²) in [6.07, 6.45) is 4.01. The molecule has 4 aromatic rings. The third-order valence-corrected chi connectivity index (χ3v) is 5.14. The number of nitriles is 1. The Balaban J connectivity index is 1.71. The second-order valence-electron chi connectivity index (χ2n) is 7.36. The van der Waals surface area contributed by atoms with Gasteiger partial charge in [0.2, 0.25) is 0 Å². The van der Waals surface area contributed by atoms with Gasteiger partial charge in [-0.3, -0.25) is 0 Å². The lowest BCUT2D eigenvalue weighted by molar-refractivity contribution is 0.277. The number of nitrogens with zero attached hydrogens (tertiary/aromatic N) is 2. The second kappa shape index (κ2) is 9.84. The summed E-state index contributed by atoms with van der Waals surface area (Å²) in [7, 11) is 1.54. The van der Waals surface area contributed by atoms with Crippen LogP contribution in [0.1, 0.15) is 22.5 Å². The standard InChI is InChI=1S/C27H22FN3O2/c1-3-8-19-13-18(14-21(16-29)27-30-23-11-6-7-12-24(23)31-27)15-25(32-2)26(19)33-17-20-9-4-5-10-22(20)28/h3-7,9-15H,1,8,17H2,2H3,(H,30,31)/b21-14+. The average molecular weight is 439 g/mol. The summed E-state index contributed by atoms with van der Waals surface area (Å²) >= 11 is 0. The van der Waals surface area contributed by atoms with Crippen LogP contribution in [0, 0.1) is 17.1 Å². The van der Waals surface area contributed by atoms with Crippen molar-refractivity contribution in [3.8, 4) is 17.6 Å². The van der Waals surface area contributed by atoms with Crippen molar-refractivity contribution in [1.82, 2.24) is 9.97 Å². The number of imidazole rings is 1. The maximum atomic E-state index is 14.0. The molecule has 0 aliphatic carbocycles. The Morgan fingerprint density at radius 2 is 1.94 bits per heavy atom. The van der Waals surface area contributed by atoms with Crippen LogP contribution < -0.4 is 9.47 Å². The van der Waals surface area contributed by atoms with E-state index in [0.29, 0.717) is 34.9 Å². The van der Waals surface area contributed by atoms with Gasteiger partial charge in [-0.15, -0.1) is 6.58 Å². The van der Waals surface area contributed by atoms with Gasteiger partial charge in [-0.1, -0.05) is 36.4 Å². The maximum absolute atomic E-state index is 14.0. The average Bonchev–Trinajstić information content (AvgIpc) is 3.26. The van der Waals surface area contributed by atoms with Crippen LogP contribution in [-0.4, -0.2) is 17.1 Å². The Morgan fingerprint density at radius 3 is 2.67 bits per heavy atom. The molecule has 1 heterocycles. The molecule has 0 saturated carbocycles. The number of aromatic nitrogens is 2. The van der Waals surface area contributed by atoms with Gasteiger partial charge in [-0.2, -0.15) is 5.26 Å². The maximum Gasteiger partial charge on any atom is 0.165 e. The summed E-state index contributed by atoms with van der Waals surface area (Å²) in [6.45, 7) is 3.88. The topological polar surface area (TPSA) is 70.9 Å². The van der Waals surface area contributed by atoms with Gasteiger partial charge in [0, 0.05) is 11.1 Å². The smallest absolute Gasteiger partial charge is 0.165 e. The molecular formula is C27H22FN3O2. The van der Waals surface area contributed by atoms with Crippen LogP contribution in [-0.2, 0) is 13.0 Å². The number of rotatable bonds is 8. The van der Waals surface area contributed by atoms with Gasteiger partial charge in [0.05, 0.1) is 23.7 Å². The molecule has 0 saturated heterocycles. The van der Waals surface area contributed by atoms with Crippen molar-refractivity contribution >= 4 is 22.7 Å². The number of H-pyrrole nitrogens is 1. The van der Waals surface area contributed by atoms with Crippen LogP contribution >= 0.6 is 0 Å². The first-order chi connectivity index (χ1) is 16.1. The highest BCUT2D eigenvalue weighted by Crippen LogP contribution is 2.35. The van der Waals surface area contributed by atoms with Crippen LogP contribution in [0.15, 0.2) is 73.3 Å². The molecule has 0 aliphatic rings. The number of ether oxygens (including phenoxy) is 2. The molecule has 6 heteroatoms. The number of fused-ring (bicyclic) bond motifs is 1. The predicted molar refractivity (Wildman–Crippen MR) is 127 cm³/mol. The van der Waals surface area contributed by atoms with E-state index >= 15 is 0 Å². The molecule has 1 aromatic heterocycles. The summed E-state index contributed by atoms with van der Waals surface area (Å²) in [4.78, 5) is 7.70. The molecule has 0 aliphatic heterocycles. The number of allylic oxidation sites excluding steroid dienone is 2. The Bertz CT molecular complexity index is 1350. The van der Waals surface area contributed by atoms with E-state index in [0.717, 1.165) is 22.2 Å². The quantitative estimate of drug-likeness (QED) is 0.267. The van der Waals surface area contributed by atoms with Gasteiger partial charge in [-0.05, 0) is 48.4 Å². The van der Waals surface area contributed by atoms with Gasteiger partial charge in [0.25, 0.3) is 0 Å². The summed E-state index contributed by atoms with van der Waals surface area (Å²) < 4.78 is 25.6. The fraction of sp³-hybridized carbons (Fsp3) is 0.111. The zero-order chi connectivity index (χ0) is 23.2. The molecule has 4 rings (SSSR count). The van der Waals surface area contributed by atoms with Crippen molar-refractivity contribution in [2.45, 2.75) is 13.0 Å². The molecule has 0 atom stereocenters. The number of hydrogen-bond donors (Lipinski definition) is 1. The number of methoxy groups -OCH3 is 1. The van der Waals surface area contributed by atoms with Crippen LogP contribution in [0.5, 0.6) is 11.5 Å². The first kappa shape index (κ1) is 21.8. The van der Waals surface area contributed by atoms with Crippen molar-refractivity contribution in [3.05, 3.63) is 102 Å². The molecular weight excluding hydrogens is 417 g/mol. The first-order valence-electron chi connectivity index (χ1n) is 10.4. The molecule has 3 aromatic carbocycles. The highest BCUT2D eigenvalue weighted by molar-refractivity contribution is 5.90. The number of benzene rings is 3. The van der Waals surface area contributed by atoms with Crippen LogP contribution in [0.3, 0.4) is 0 Å². The normalized spacial score (nSPS) is 11.2. The fourth-order valence-electron chi connectivity index (χ4n) is 3.56. The number of hydrogen-bond acceptors (Lipinski definition) is 4. The Kier molecular flexibility index (Phi) is 6.51. The lowest BCUT2D eigenvalue weighted by atomic mass is 10.0. The van der Waals surface area contributed by atoms with Gasteiger partial charge in [-0.25, -0.2) is 9.37 Å². The van der Waals surface area contributed by atoms with Crippen LogP contribution in [0.25, 0.3) is 22.7 Å². The Labute approximate surface area is 191 Å². The van der Waals surface area contributed by atoms with Crippen molar-refractivity contribution in [2.24, 2.45) is 0 Å². The minimum Gasteiger partial charge on any atom is -0.493 e. The summed E-state index contributed by atoms with van der Waals surface area (Å²) in [5.74, 6) is 1.16. The molecule has 0 radical (unpaired) electrons. The highest BCUT2D eigenvalue weighted by Gasteiger charge is 2.15. The summed E-state index contributed by atoms with van der Waals surface area (Å²) in [5, 5.41) is 9.77. The van der Waals surface area contributed by atoms with E-state index in [1.807, 2.05) is 30.3 Å². The van der Waals surface area contributed by atoms with Gasteiger partial charge in [0.15, 0.2) is 11.5 Å². The monoisotopic (exact) mass is 439 g/mol. The molecule has 0 fully saturated rings. The highest BCUT2D eigenvalue weighted by atomic mass is 19.1. The molecule has 5 nitrogen and oxygen atoms in total. The van der Waals surface area contributed by atoms with Gasteiger partial charge < -0.3 is 14.5 Å². The van der Waals surface area contributed by atoms with E-state index in [1.165, 1.54) is 6.07 Å². The molecule has 1 N–H and O–H groups in total. The van der Waals surface area contributed by atoms with Crippen LogP contribution in [0.4, 0.5) is 4.39 Å². The zero-order valence-electron chi connectivity index (χ0n) is 18.1. The first-order valence-corrected chi connectivity index (χ1v) is 10.4. The predicted octanol–water partition coefficient (Wildman–Crippen LogP) is 6.08. The zero-order valence-corrected chi connectivity index (χ0v) is 18.1. The van der Waals surface area contributed by atoms with Gasteiger partial charge >= 0.3 is 0 Å². The molecule has 0 bridgehead atoms. The molecule has 164 valence electrons. The number of nitrogens with one attached hydrogen (secondary N) is 1. The molecule has 33 heavy (non-hydrogen) atoms. The summed E-state index contributed by atoms with van der Waals surface area (Å²) in [5.41, 5.74) is 4.04. The number of aromatic amines is 1. The van der Waals surface area contributed by atoms with E-state index < -0.39 is 0 Å². The summed E-state index contributed by atoms with van der Waals surface area (Å²) in [6, 6.07) is 20.0. The fourth-order valence-corrected chi connectivity index (χ4v) is 3.56. The minimum absolute atomic E-state index is 0.0603. The second-order valence-corrected chi connectivity index (χ2v) is 7.36.